The van der Waals surface area contributed by atoms with Crippen molar-refractivity contribution in [2.24, 2.45) is 23.7 Å². The summed E-state index contributed by atoms with van der Waals surface area (Å²) in [5, 5.41) is 6.01. The average molecular weight is 519 g/mol. The van der Waals surface area contributed by atoms with Crippen LogP contribution in [0.1, 0.15) is 12.2 Å². The van der Waals surface area contributed by atoms with E-state index in [4.69, 9.17) is 9.26 Å². The molecule has 150 valence electrons. The number of fused-ring (bicyclic) bond motifs is 5. The first-order chi connectivity index (χ1) is 13.3. The summed E-state index contributed by atoms with van der Waals surface area (Å²) in [7, 11) is 0. The number of esters is 1. The van der Waals surface area contributed by atoms with Crippen molar-refractivity contribution < 1.29 is 28.4 Å². The Morgan fingerprint density at radius 1 is 1.25 bits per heavy atom. The van der Waals surface area contributed by atoms with E-state index >= 15 is 0 Å². The number of likely N-dealkylation sites (tertiary alicyclic amines) is 1. The maximum atomic E-state index is 12.7. The number of rotatable bonds is 5. The predicted octanol–water partition coefficient (Wildman–Crippen LogP) is 1.24. The van der Waals surface area contributed by atoms with E-state index in [-0.39, 0.29) is 51.0 Å². The Labute approximate surface area is 176 Å². The Kier molecular flexibility index (Phi) is 5.07. The summed E-state index contributed by atoms with van der Waals surface area (Å²) in [6.45, 7) is 0.635. The molecular weight excluding hydrogens is 502 g/mol. The first-order valence-corrected chi connectivity index (χ1v) is 10.6. The molecular formula is C17H17Br2N3O6. The van der Waals surface area contributed by atoms with Gasteiger partial charge >= 0.3 is 5.97 Å². The van der Waals surface area contributed by atoms with Crippen LogP contribution in [-0.2, 0) is 23.9 Å². The van der Waals surface area contributed by atoms with Gasteiger partial charge in [-0.3, -0.25) is 24.1 Å². The molecule has 3 fully saturated rings. The van der Waals surface area contributed by atoms with E-state index in [1.54, 1.807) is 6.92 Å². The second-order valence-corrected chi connectivity index (χ2v) is 9.41. The number of aromatic nitrogens is 1. The van der Waals surface area contributed by atoms with Crippen LogP contribution in [0.2, 0.25) is 0 Å². The number of nitrogens with one attached hydrogen (secondary N) is 1. The van der Waals surface area contributed by atoms with Crippen LogP contribution in [0.3, 0.4) is 0 Å². The largest absolute Gasteiger partial charge is 0.454 e. The molecule has 1 aromatic heterocycles. The van der Waals surface area contributed by atoms with Crippen molar-refractivity contribution in [2.75, 3.05) is 18.5 Å². The molecule has 0 aromatic carbocycles. The van der Waals surface area contributed by atoms with Gasteiger partial charge in [0.2, 0.25) is 11.8 Å². The maximum absolute atomic E-state index is 12.7. The Morgan fingerprint density at radius 3 is 2.39 bits per heavy atom. The highest BCUT2D eigenvalue weighted by Gasteiger charge is 2.66. The van der Waals surface area contributed by atoms with E-state index in [1.807, 2.05) is 0 Å². The van der Waals surface area contributed by atoms with Crippen LogP contribution in [0, 0.1) is 30.6 Å². The van der Waals surface area contributed by atoms with Crippen LogP contribution in [0.25, 0.3) is 0 Å². The van der Waals surface area contributed by atoms with Crippen LogP contribution in [0.15, 0.2) is 10.6 Å². The third kappa shape index (κ3) is 3.18. The highest BCUT2D eigenvalue weighted by atomic mass is 79.9. The van der Waals surface area contributed by atoms with Crippen LogP contribution < -0.4 is 5.32 Å². The number of nitrogens with zero attached hydrogens (tertiary/aromatic N) is 2. The van der Waals surface area contributed by atoms with Gasteiger partial charge < -0.3 is 14.6 Å². The first kappa shape index (κ1) is 19.6. The second kappa shape index (κ2) is 7.25. The minimum Gasteiger partial charge on any atom is -0.454 e. The molecule has 9 nitrogen and oxygen atoms in total. The van der Waals surface area contributed by atoms with E-state index in [9.17, 15) is 19.2 Å². The fourth-order valence-electron chi connectivity index (χ4n) is 4.49. The van der Waals surface area contributed by atoms with Gasteiger partial charge in [0.25, 0.3) is 5.91 Å². The molecule has 1 N–H and O–H groups in total. The van der Waals surface area contributed by atoms with E-state index in [1.165, 1.54) is 6.07 Å². The Hall–Kier alpha value is -1.75. The van der Waals surface area contributed by atoms with Crippen molar-refractivity contribution in [3.8, 4) is 0 Å². The number of aryl methyl sites for hydroxylation is 1. The lowest BCUT2D eigenvalue weighted by atomic mass is 9.81. The summed E-state index contributed by atoms with van der Waals surface area (Å²) in [6, 6.07) is 1.52. The molecule has 11 heteroatoms. The number of amides is 3. The number of hydrogen-bond acceptors (Lipinski definition) is 7. The van der Waals surface area contributed by atoms with E-state index in [0.717, 1.165) is 11.3 Å². The van der Waals surface area contributed by atoms with Gasteiger partial charge in [0, 0.05) is 15.7 Å². The van der Waals surface area contributed by atoms with E-state index < -0.39 is 25.0 Å². The minimum absolute atomic E-state index is 0.0774. The highest BCUT2D eigenvalue weighted by Crippen LogP contribution is 2.60. The Morgan fingerprint density at radius 2 is 1.86 bits per heavy atom. The molecule has 0 spiro atoms. The first-order valence-electron chi connectivity index (χ1n) is 8.80. The molecule has 2 saturated carbocycles. The number of anilines is 1. The Bertz CT molecular complexity index is 826. The van der Waals surface area contributed by atoms with Crippen LogP contribution in [0.5, 0.6) is 0 Å². The van der Waals surface area contributed by atoms with Gasteiger partial charge in [0.15, 0.2) is 12.4 Å². The summed E-state index contributed by atoms with van der Waals surface area (Å²) in [4.78, 5) is 50.5. The van der Waals surface area contributed by atoms with Crippen molar-refractivity contribution in [1.29, 1.82) is 0 Å². The van der Waals surface area contributed by atoms with Crippen LogP contribution in [-0.4, -0.2) is 56.6 Å². The van der Waals surface area contributed by atoms with Crippen molar-refractivity contribution in [3.05, 3.63) is 11.8 Å². The van der Waals surface area contributed by atoms with Crippen molar-refractivity contribution >= 4 is 61.4 Å². The fourth-order valence-corrected chi connectivity index (χ4v) is 6.36. The maximum Gasteiger partial charge on any atom is 0.326 e. The summed E-state index contributed by atoms with van der Waals surface area (Å²) < 4.78 is 9.72. The lowest BCUT2D eigenvalue weighted by Gasteiger charge is -2.28. The quantitative estimate of drug-likeness (QED) is 0.354. The molecule has 3 amide bonds. The molecule has 28 heavy (non-hydrogen) atoms. The topological polar surface area (TPSA) is 119 Å². The smallest absolute Gasteiger partial charge is 0.326 e. The molecule has 6 atom stereocenters. The number of halogens is 2. The van der Waals surface area contributed by atoms with Gasteiger partial charge in [-0.05, 0) is 25.2 Å². The van der Waals surface area contributed by atoms with Gasteiger partial charge in [-0.25, -0.2) is 0 Å². The standard InChI is InChI=1S/C17H17Br2N3O6/c1-6-2-9(21-28-6)20-10(23)5-27-11(24)4-22-16(25)12-7-3-8(13(12)17(22)26)15(19)14(7)18/h2,7-8,12-15H,3-5H2,1H3,(H,20,21,23)/t7-,8-,12-,13+,14+,15+/m1/s1. The summed E-state index contributed by atoms with van der Waals surface area (Å²) >= 11 is 7.22. The van der Waals surface area contributed by atoms with Crippen molar-refractivity contribution in [1.82, 2.24) is 10.1 Å². The van der Waals surface area contributed by atoms with Gasteiger partial charge in [-0.15, -0.1) is 0 Å². The summed E-state index contributed by atoms with van der Waals surface area (Å²) in [6.07, 6.45) is 0.818. The minimum atomic E-state index is -0.814. The lowest BCUT2D eigenvalue weighted by Crippen LogP contribution is -2.38. The van der Waals surface area contributed by atoms with Crippen LogP contribution >= 0.6 is 31.9 Å². The molecule has 0 radical (unpaired) electrons. The number of carbonyl (C=O) groups excluding carboxylic acids is 4. The van der Waals surface area contributed by atoms with Crippen LogP contribution in [0.4, 0.5) is 5.82 Å². The number of ether oxygens (including phenoxy) is 1. The zero-order valence-corrected chi connectivity index (χ0v) is 17.9. The Balaban J connectivity index is 1.32. The van der Waals surface area contributed by atoms with E-state index in [0.29, 0.717) is 5.76 Å². The molecule has 0 unspecified atom stereocenters. The lowest BCUT2D eigenvalue weighted by molar-refractivity contribution is -0.154. The van der Waals surface area contributed by atoms with Gasteiger partial charge in [-0.2, -0.15) is 0 Å². The second-order valence-electron chi connectivity index (χ2n) is 7.30. The monoisotopic (exact) mass is 517 g/mol. The SMILES string of the molecule is Cc1cc(NC(=O)COC(=O)CN2C(=O)[C@@H]3[C@H]4C[C@@H]([C@H](Br)[C@H]4Br)[C@@H]3C2=O)no1. The zero-order chi connectivity index (χ0) is 20.2. The normalized spacial score (nSPS) is 33.3. The number of alkyl halides is 2. The average Bonchev–Trinajstić information content (AvgIpc) is 3.36. The van der Waals surface area contributed by atoms with Gasteiger partial charge in [-0.1, -0.05) is 37.0 Å². The molecule has 1 saturated heterocycles. The number of hydrogen-bond donors (Lipinski definition) is 1. The number of imide groups is 1. The zero-order valence-electron chi connectivity index (χ0n) is 14.8. The molecule has 4 rings (SSSR count). The van der Waals surface area contributed by atoms with Gasteiger partial charge in [0.1, 0.15) is 12.3 Å². The van der Waals surface area contributed by atoms with Crippen molar-refractivity contribution in [2.45, 2.75) is 23.0 Å². The predicted molar refractivity (Wildman–Crippen MR) is 102 cm³/mol. The third-order valence-electron chi connectivity index (χ3n) is 5.63. The van der Waals surface area contributed by atoms with Crippen molar-refractivity contribution in [3.63, 3.8) is 0 Å². The molecule has 2 bridgehead atoms. The number of carbonyl (C=O) groups is 4. The summed E-state index contributed by atoms with van der Waals surface area (Å²) in [5.74, 6) is -1.95. The fraction of sp³-hybridized carbons (Fsp3) is 0.588. The summed E-state index contributed by atoms with van der Waals surface area (Å²) in [5.41, 5.74) is 0. The van der Waals surface area contributed by atoms with E-state index in [2.05, 4.69) is 42.3 Å². The molecule has 1 aliphatic heterocycles. The highest BCUT2D eigenvalue weighted by molar-refractivity contribution is 9.12. The molecule has 2 heterocycles. The van der Waals surface area contributed by atoms with Gasteiger partial charge in [0.05, 0.1) is 11.8 Å². The third-order valence-corrected chi connectivity index (χ3v) is 8.83. The molecule has 2 aliphatic carbocycles. The molecule has 3 aliphatic rings. The molecule has 1 aromatic rings.